The van der Waals surface area contributed by atoms with E-state index in [1.807, 2.05) is 13.8 Å². The molecule has 0 aliphatic rings. The number of carbonyl (C=O) groups excluding carboxylic acids is 2. The van der Waals surface area contributed by atoms with Gasteiger partial charge >= 0.3 is 0 Å². The first-order chi connectivity index (χ1) is 15.0. The van der Waals surface area contributed by atoms with Gasteiger partial charge in [0, 0.05) is 11.8 Å². The quantitative estimate of drug-likeness (QED) is 0.279. The summed E-state index contributed by atoms with van der Waals surface area (Å²) in [7, 11) is 1.54. The van der Waals surface area contributed by atoms with Crippen LogP contribution in [0.2, 0.25) is 0 Å². The molecule has 0 aliphatic heterocycles. The van der Waals surface area contributed by atoms with Gasteiger partial charge in [-0.15, -0.1) is 0 Å². The normalized spacial score (nSPS) is 10.6. The Hall–Kier alpha value is -3.07. The standard InChI is InChI=1S/C22H26BrN3O5/c1-4-9-31-22-18(23)10-15(11-19(22)30-5-2)14-24-26-21(28)13-20(27)25-16-7-6-8-17(12-16)29-3/h6-8,10-12,14H,4-5,9,13H2,1-3H3,(H,25,27)(H,26,28). The molecule has 0 spiro atoms. The molecular weight excluding hydrogens is 466 g/mol. The molecule has 2 aromatic rings. The first kappa shape index (κ1) is 24.2. The summed E-state index contributed by atoms with van der Waals surface area (Å²) in [6, 6.07) is 10.4. The average Bonchev–Trinajstić information content (AvgIpc) is 2.73. The molecule has 0 saturated heterocycles. The summed E-state index contributed by atoms with van der Waals surface area (Å²) >= 11 is 3.48. The monoisotopic (exact) mass is 491 g/mol. The summed E-state index contributed by atoms with van der Waals surface area (Å²) < 4.78 is 17.2. The lowest BCUT2D eigenvalue weighted by Gasteiger charge is -2.14. The number of nitrogens with zero attached hydrogens (tertiary/aromatic N) is 1. The number of halogens is 1. The third kappa shape index (κ3) is 7.93. The van der Waals surface area contributed by atoms with Gasteiger partial charge in [0.1, 0.15) is 12.2 Å². The van der Waals surface area contributed by atoms with Gasteiger partial charge in [-0.25, -0.2) is 5.43 Å². The van der Waals surface area contributed by atoms with Crippen LogP contribution in [-0.4, -0.2) is 38.4 Å². The Morgan fingerprint density at radius 2 is 1.94 bits per heavy atom. The van der Waals surface area contributed by atoms with E-state index in [-0.39, 0.29) is 6.42 Å². The van der Waals surface area contributed by atoms with Crippen molar-refractivity contribution in [2.75, 3.05) is 25.6 Å². The number of benzene rings is 2. The molecule has 0 aromatic heterocycles. The fourth-order valence-corrected chi connectivity index (χ4v) is 3.11. The molecule has 31 heavy (non-hydrogen) atoms. The Labute approximate surface area is 190 Å². The molecule has 2 N–H and O–H groups in total. The maximum Gasteiger partial charge on any atom is 0.249 e. The van der Waals surface area contributed by atoms with Gasteiger partial charge in [0.2, 0.25) is 11.8 Å². The minimum atomic E-state index is -0.538. The molecule has 0 atom stereocenters. The van der Waals surface area contributed by atoms with Crippen LogP contribution in [0.4, 0.5) is 5.69 Å². The first-order valence-electron chi connectivity index (χ1n) is 9.81. The van der Waals surface area contributed by atoms with E-state index in [1.54, 1.807) is 36.4 Å². The van der Waals surface area contributed by atoms with E-state index in [4.69, 9.17) is 14.2 Å². The highest BCUT2D eigenvalue weighted by molar-refractivity contribution is 9.10. The third-order valence-electron chi connectivity index (χ3n) is 3.86. The number of hydrazone groups is 1. The lowest BCUT2D eigenvalue weighted by molar-refractivity contribution is -0.126. The maximum atomic E-state index is 12.0. The summed E-state index contributed by atoms with van der Waals surface area (Å²) in [5.41, 5.74) is 3.58. The predicted octanol–water partition coefficient (Wildman–Crippen LogP) is 4.12. The molecule has 0 bridgehead atoms. The number of nitrogens with one attached hydrogen (secondary N) is 2. The largest absolute Gasteiger partial charge is 0.497 e. The van der Waals surface area contributed by atoms with Gasteiger partial charge < -0.3 is 19.5 Å². The van der Waals surface area contributed by atoms with Crippen LogP contribution in [0.25, 0.3) is 0 Å². The van der Waals surface area contributed by atoms with Gasteiger partial charge in [0.15, 0.2) is 11.5 Å². The summed E-state index contributed by atoms with van der Waals surface area (Å²) in [6.07, 6.45) is 1.97. The number of rotatable bonds is 11. The van der Waals surface area contributed by atoms with Gasteiger partial charge in [-0.05, 0) is 59.1 Å². The highest BCUT2D eigenvalue weighted by Crippen LogP contribution is 2.36. The van der Waals surface area contributed by atoms with E-state index in [9.17, 15) is 9.59 Å². The fourth-order valence-electron chi connectivity index (χ4n) is 2.54. The molecular formula is C22H26BrN3O5. The second-order valence-electron chi connectivity index (χ2n) is 6.36. The van der Waals surface area contributed by atoms with Crippen LogP contribution in [0.5, 0.6) is 17.2 Å². The van der Waals surface area contributed by atoms with Gasteiger partial charge in [0.25, 0.3) is 0 Å². The van der Waals surface area contributed by atoms with Crippen molar-refractivity contribution in [3.8, 4) is 17.2 Å². The van der Waals surface area contributed by atoms with Crippen molar-refractivity contribution in [2.24, 2.45) is 5.10 Å². The molecule has 0 saturated carbocycles. The minimum Gasteiger partial charge on any atom is -0.497 e. The molecule has 0 unspecified atom stereocenters. The average molecular weight is 492 g/mol. The van der Waals surface area contributed by atoms with E-state index < -0.39 is 11.8 Å². The highest BCUT2D eigenvalue weighted by atomic mass is 79.9. The lowest BCUT2D eigenvalue weighted by Crippen LogP contribution is -2.24. The van der Waals surface area contributed by atoms with E-state index in [1.165, 1.54) is 13.3 Å². The van der Waals surface area contributed by atoms with Crippen LogP contribution in [0.15, 0.2) is 46.0 Å². The maximum absolute atomic E-state index is 12.0. The van der Waals surface area contributed by atoms with E-state index in [0.717, 1.165) is 10.9 Å². The molecule has 2 aromatic carbocycles. The molecule has 0 radical (unpaired) electrons. The van der Waals surface area contributed by atoms with Crippen molar-refractivity contribution >= 4 is 39.6 Å². The Kier molecular flexibility index (Phi) is 9.83. The zero-order chi connectivity index (χ0) is 22.6. The van der Waals surface area contributed by atoms with Crippen molar-refractivity contribution in [3.05, 3.63) is 46.4 Å². The van der Waals surface area contributed by atoms with Crippen LogP contribution in [0, 0.1) is 0 Å². The number of amides is 2. The zero-order valence-electron chi connectivity index (χ0n) is 17.7. The third-order valence-corrected chi connectivity index (χ3v) is 4.45. The smallest absolute Gasteiger partial charge is 0.249 e. The van der Waals surface area contributed by atoms with E-state index in [2.05, 4.69) is 31.8 Å². The summed E-state index contributed by atoms with van der Waals surface area (Å²) in [5.74, 6) is 0.814. The molecule has 8 nitrogen and oxygen atoms in total. The van der Waals surface area contributed by atoms with Crippen LogP contribution >= 0.6 is 15.9 Å². The number of methoxy groups -OCH3 is 1. The Bertz CT molecular complexity index is 933. The zero-order valence-corrected chi connectivity index (χ0v) is 19.3. The minimum absolute atomic E-state index is 0.369. The number of anilines is 1. The molecule has 2 amide bonds. The summed E-state index contributed by atoms with van der Waals surface area (Å²) in [4.78, 5) is 24.0. The number of ether oxygens (including phenoxy) is 3. The van der Waals surface area contributed by atoms with Crippen LogP contribution in [0.3, 0.4) is 0 Å². The van der Waals surface area contributed by atoms with Crippen molar-refractivity contribution in [3.63, 3.8) is 0 Å². The summed E-state index contributed by atoms with van der Waals surface area (Å²) in [5, 5.41) is 6.56. The second-order valence-corrected chi connectivity index (χ2v) is 7.22. The molecule has 0 aliphatic carbocycles. The van der Waals surface area contributed by atoms with E-state index in [0.29, 0.717) is 41.7 Å². The Morgan fingerprint density at radius 3 is 2.65 bits per heavy atom. The van der Waals surface area contributed by atoms with Crippen LogP contribution in [0.1, 0.15) is 32.3 Å². The Morgan fingerprint density at radius 1 is 1.13 bits per heavy atom. The highest BCUT2D eigenvalue weighted by Gasteiger charge is 2.12. The lowest BCUT2D eigenvalue weighted by atomic mass is 10.2. The summed E-state index contributed by atoms with van der Waals surface area (Å²) in [6.45, 7) is 4.96. The van der Waals surface area contributed by atoms with Gasteiger partial charge in [-0.3, -0.25) is 9.59 Å². The van der Waals surface area contributed by atoms with Crippen LogP contribution < -0.4 is 25.0 Å². The van der Waals surface area contributed by atoms with Gasteiger partial charge in [-0.2, -0.15) is 5.10 Å². The number of carbonyl (C=O) groups is 2. The van der Waals surface area contributed by atoms with Crippen molar-refractivity contribution in [1.29, 1.82) is 0 Å². The second kappa shape index (κ2) is 12.6. The van der Waals surface area contributed by atoms with Crippen molar-refractivity contribution in [2.45, 2.75) is 26.7 Å². The molecule has 2 rings (SSSR count). The number of hydrogen-bond acceptors (Lipinski definition) is 6. The topological polar surface area (TPSA) is 98.2 Å². The Balaban J connectivity index is 1.94. The van der Waals surface area contributed by atoms with E-state index >= 15 is 0 Å². The molecule has 9 heteroatoms. The molecule has 166 valence electrons. The van der Waals surface area contributed by atoms with Crippen molar-refractivity contribution in [1.82, 2.24) is 5.43 Å². The van der Waals surface area contributed by atoms with Gasteiger partial charge in [-0.1, -0.05) is 13.0 Å². The van der Waals surface area contributed by atoms with Crippen molar-refractivity contribution < 1.29 is 23.8 Å². The SMILES string of the molecule is CCCOc1c(Br)cc(C=NNC(=O)CC(=O)Nc2cccc(OC)c2)cc1OCC. The number of hydrogen-bond donors (Lipinski definition) is 2. The predicted molar refractivity (Wildman–Crippen MR) is 123 cm³/mol. The van der Waals surface area contributed by atoms with Gasteiger partial charge in [0.05, 0.1) is 31.0 Å². The first-order valence-corrected chi connectivity index (χ1v) is 10.6. The van der Waals surface area contributed by atoms with Crippen LogP contribution in [-0.2, 0) is 9.59 Å². The molecule has 0 fully saturated rings. The molecule has 0 heterocycles. The fraction of sp³-hybridized carbons (Fsp3) is 0.318.